The fourth-order valence-corrected chi connectivity index (χ4v) is 3.72. The SMILES string of the molecule is N#Cc1nc(Sc2ccccc2)c(Sc2ccccc2)nc1C#N. The number of benzene rings is 2. The van der Waals surface area contributed by atoms with Gasteiger partial charge in [-0.3, -0.25) is 0 Å². The Morgan fingerprint density at radius 1 is 0.625 bits per heavy atom. The van der Waals surface area contributed by atoms with E-state index in [0.717, 1.165) is 9.79 Å². The molecule has 0 unspecified atom stereocenters. The zero-order valence-electron chi connectivity index (χ0n) is 12.4. The summed E-state index contributed by atoms with van der Waals surface area (Å²) in [6, 6.07) is 23.4. The molecule has 0 radical (unpaired) electrons. The molecule has 24 heavy (non-hydrogen) atoms. The van der Waals surface area contributed by atoms with Gasteiger partial charge in [0.2, 0.25) is 0 Å². The van der Waals surface area contributed by atoms with Gasteiger partial charge in [-0.05, 0) is 24.3 Å². The molecule has 0 amide bonds. The van der Waals surface area contributed by atoms with Crippen molar-refractivity contribution < 1.29 is 0 Å². The van der Waals surface area contributed by atoms with Crippen LogP contribution in [0.25, 0.3) is 0 Å². The summed E-state index contributed by atoms with van der Waals surface area (Å²) in [7, 11) is 0. The average Bonchev–Trinajstić information content (AvgIpc) is 2.64. The van der Waals surface area contributed by atoms with Crippen molar-refractivity contribution in [3.05, 3.63) is 72.1 Å². The van der Waals surface area contributed by atoms with Gasteiger partial charge in [0.15, 0.2) is 11.4 Å². The van der Waals surface area contributed by atoms with Crippen molar-refractivity contribution in [1.82, 2.24) is 9.97 Å². The molecule has 1 heterocycles. The Balaban J connectivity index is 2.04. The Bertz CT molecular complexity index is 850. The predicted octanol–water partition coefficient (Wildman–Crippen LogP) is 4.52. The molecule has 6 heteroatoms. The molecule has 1 aromatic heterocycles. The maximum atomic E-state index is 9.20. The van der Waals surface area contributed by atoms with E-state index in [1.165, 1.54) is 23.5 Å². The zero-order chi connectivity index (χ0) is 16.8. The first-order chi connectivity index (χ1) is 11.8. The highest BCUT2D eigenvalue weighted by atomic mass is 32.2. The fourth-order valence-electron chi connectivity index (χ4n) is 1.89. The van der Waals surface area contributed by atoms with Crippen LogP contribution >= 0.6 is 23.5 Å². The van der Waals surface area contributed by atoms with E-state index in [2.05, 4.69) is 9.97 Å². The van der Waals surface area contributed by atoms with Gasteiger partial charge in [0.1, 0.15) is 22.2 Å². The minimum absolute atomic E-state index is 0.0494. The van der Waals surface area contributed by atoms with E-state index in [1.54, 1.807) is 0 Å². The van der Waals surface area contributed by atoms with Gasteiger partial charge < -0.3 is 0 Å². The third-order valence-electron chi connectivity index (χ3n) is 2.96. The molecule has 0 fully saturated rings. The Hall–Kier alpha value is -2.80. The molecule has 0 saturated carbocycles. The van der Waals surface area contributed by atoms with Crippen molar-refractivity contribution in [2.75, 3.05) is 0 Å². The second kappa shape index (κ2) is 7.65. The zero-order valence-corrected chi connectivity index (χ0v) is 14.0. The first-order valence-electron chi connectivity index (χ1n) is 6.98. The van der Waals surface area contributed by atoms with Gasteiger partial charge in [-0.25, -0.2) is 9.97 Å². The van der Waals surface area contributed by atoms with E-state index in [4.69, 9.17) is 0 Å². The lowest BCUT2D eigenvalue weighted by Crippen LogP contribution is -1.99. The van der Waals surface area contributed by atoms with Crippen LogP contribution < -0.4 is 0 Å². The van der Waals surface area contributed by atoms with Crippen molar-refractivity contribution in [2.45, 2.75) is 19.8 Å². The third-order valence-corrected chi connectivity index (χ3v) is 5.06. The molecule has 0 aliphatic rings. The second-order valence-corrected chi connectivity index (χ2v) is 6.71. The molecule has 4 nitrogen and oxygen atoms in total. The summed E-state index contributed by atoms with van der Waals surface area (Å²) >= 11 is 2.85. The number of hydrogen-bond acceptors (Lipinski definition) is 6. The molecule has 0 bridgehead atoms. The van der Waals surface area contributed by atoms with Crippen LogP contribution in [0.4, 0.5) is 0 Å². The molecule has 0 N–H and O–H groups in total. The monoisotopic (exact) mass is 346 g/mol. The van der Waals surface area contributed by atoms with Crippen molar-refractivity contribution in [2.24, 2.45) is 0 Å². The number of hydrogen-bond donors (Lipinski definition) is 0. The summed E-state index contributed by atoms with van der Waals surface area (Å²) in [6.45, 7) is 0. The highest BCUT2D eigenvalue weighted by Gasteiger charge is 2.16. The van der Waals surface area contributed by atoms with Crippen molar-refractivity contribution >= 4 is 23.5 Å². The molecular formula is C18H10N4S2. The number of nitrogens with zero attached hydrogens (tertiary/aromatic N) is 4. The Morgan fingerprint density at radius 2 is 1.00 bits per heavy atom. The largest absolute Gasteiger partial charge is 0.224 e. The molecule has 0 saturated heterocycles. The van der Waals surface area contributed by atoms with Gasteiger partial charge in [-0.2, -0.15) is 10.5 Å². The second-order valence-electron chi connectivity index (χ2n) is 4.58. The van der Waals surface area contributed by atoms with Crippen LogP contribution in [0.15, 0.2) is 80.5 Å². The summed E-state index contributed by atoms with van der Waals surface area (Å²) in [5.74, 6) is 0. The summed E-state index contributed by atoms with van der Waals surface area (Å²) < 4.78 is 0. The first kappa shape index (κ1) is 16.1. The minimum atomic E-state index is 0.0494. The summed E-state index contributed by atoms with van der Waals surface area (Å²) in [4.78, 5) is 10.7. The topological polar surface area (TPSA) is 73.4 Å². The van der Waals surface area contributed by atoms with Gasteiger partial charge in [0, 0.05) is 9.79 Å². The van der Waals surface area contributed by atoms with Gasteiger partial charge in [-0.1, -0.05) is 59.9 Å². The van der Waals surface area contributed by atoms with Crippen LogP contribution in [0.3, 0.4) is 0 Å². The Labute approximate surface area is 148 Å². The average molecular weight is 346 g/mol. The van der Waals surface area contributed by atoms with E-state index >= 15 is 0 Å². The number of rotatable bonds is 4. The van der Waals surface area contributed by atoms with Crippen molar-refractivity contribution in [1.29, 1.82) is 10.5 Å². The lowest BCUT2D eigenvalue weighted by Gasteiger charge is -2.08. The predicted molar refractivity (Wildman–Crippen MR) is 92.6 cm³/mol. The Morgan fingerprint density at radius 3 is 1.33 bits per heavy atom. The molecule has 2 aromatic carbocycles. The summed E-state index contributed by atoms with van der Waals surface area (Å²) in [5, 5.41) is 19.6. The molecular weight excluding hydrogens is 336 g/mol. The highest BCUT2D eigenvalue weighted by Crippen LogP contribution is 2.36. The van der Waals surface area contributed by atoms with Gasteiger partial charge in [0.05, 0.1) is 0 Å². The Kier molecular flexibility index (Phi) is 5.12. The molecule has 114 valence electrons. The summed E-state index contributed by atoms with van der Waals surface area (Å²) in [5.41, 5.74) is 0.0988. The normalized spacial score (nSPS) is 9.92. The van der Waals surface area contributed by atoms with E-state index in [1.807, 2.05) is 72.8 Å². The lowest BCUT2D eigenvalue weighted by molar-refractivity contribution is 0.892. The third kappa shape index (κ3) is 3.75. The molecule has 3 aromatic rings. The van der Waals surface area contributed by atoms with E-state index in [9.17, 15) is 10.5 Å². The number of aromatic nitrogens is 2. The van der Waals surface area contributed by atoms with Crippen molar-refractivity contribution in [3.63, 3.8) is 0 Å². The van der Waals surface area contributed by atoms with Gasteiger partial charge in [-0.15, -0.1) is 0 Å². The van der Waals surface area contributed by atoms with Crippen LogP contribution in [0, 0.1) is 22.7 Å². The van der Waals surface area contributed by atoms with Gasteiger partial charge >= 0.3 is 0 Å². The van der Waals surface area contributed by atoms with Crippen LogP contribution in [0.5, 0.6) is 0 Å². The smallest absolute Gasteiger partial charge is 0.178 e. The molecule has 0 aliphatic heterocycles. The first-order valence-corrected chi connectivity index (χ1v) is 8.61. The van der Waals surface area contributed by atoms with Crippen LogP contribution in [-0.4, -0.2) is 9.97 Å². The molecule has 3 rings (SSSR count). The van der Waals surface area contributed by atoms with Crippen LogP contribution in [0.1, 0.15) is 11.4 Å². The highest BCUT2D eigenvalue weighted by molar-refractivity contribution is 8.02. The number of nitriles is 2. The minimum Gasteiger partial charge on any atom is -0.224 e. The van der Waals surface area contributed by atoms with E-state index in [-0.39, 0.29) is 11.4 Å². The standard InChI is InChI=1S/C18H10N4S2/c19-11-15-16(12-20)22-18(24-14-9-5-2-6-10-14)17(21-15)23-13-7-3-1-4-8-13/h1-10H. The lowest BCUT2D eigenvalue weighted by atomic mass is 10.3. The molecule has 0 atom stereocenters. The van der Waals surface area contributed by atoms with Crippen LogP contribution in [0.2, 0.25) is 0 Å². The quantitative estimate of drug-likeness (QED) is 0.691. The molecule has 0 aliphatic carbocycles. The molecule has 0 spiro atoms. The fraction of sp³-hybridized carbons (Fsp3) is 0. The van der Waals surface area contributed by atoms with E-state index < -0.39 is 0 Å². The van der Waals surface area contributed by atoms with E-state index in [0.29, 0.717) is 10.1 Å². The maximum Gasteiger partial charge on any atom is 0.178 e. The summed E-state index contributed by atoms with van der Waals surface area (Å²) in [6.07, 6.45) is 0. The van der Waals surface area contributed by atoms with Crippen LogP contribution in [-0.2, 0) is 0 Å². The van der Waals surface area contributed by atoms with Gasteiger partial charge in [0.25, 0.3) is 0 Å². The van der Waals surface area contributed by atoms with Crippen molar-refractivity contribution in [3.8, 4) is 12.1 Å². The maximum absolute atomic E-state index is 9.20.